The lowest BCUT2D eigenvalue weighted by Gasteiger charge is -2.27. The molecule has 2 fully saturated rings. The highest BCUT2D eigenvalue weighted by atomic mass is 32.1. The summed E-state index contributed by atoms with van der Waals surface area (Å²) in [6, 6.07) is 0.254. The van der Waals surface area contributed by atoms with Gasteiger partial charge in [-0.15, -0.1) is 11.3 Å². The van der Waals surface area contributed by atoms with Gasteiger partial charge >= 0.3 is 5.97 Å². The molecule has 6 nitrogen and oxygen atoms in total. The van der Waals surface area contributed by atoms with E-state index in [2.05, 4.69) is 17.6 Å². The van der Waals surface area contributed by atoms with Gasteiger partial charge in [0.2, 0.25) is 5.91 Å². The van der Waals surface area contributed by atoms with Crippen LogP contribution in [0.5, 0.6) is 0 Å². The Morgan fingerprint density at radius 2 is 1.75 bits per heavy atom. The van der Waals surface area contributed by atoms with Crippen LogP contribution in [0.4, 0.5) is 5.00 Å². The van der Waals surface area contributed by atoms with Gasteiger partial charge in [-0.25, -0.2) is 0 Å². The summed E-state index contributed by atoms with van der Waals surface area (Å²) in [6.07, 6.45) is 7.72. The number of hydrogen-bond acceptors (Lipinski definition) is 4. The third-order valence-corrected chi connectivity index (χ3v) is 7.48. The zero-order valence-electron chi connectivity index (χ0n) is 16.3. The summed E-state index contributed by atoms with van der Waals surface area (Å²) in [7, 11) is 0. The molecule has 0 aliphatic heterocycles. The lowest BCUT2D eigenvalue weighted by molar-refractivity contribution is -0.147. The Kier molecular flexibility index (Phi) is 5.45. The number of carboxylic acids is 1. The van der Waals surface area contributed by atoms with E-state index in [9.17, 15) is 19.5 Å². The highest BCUT2D eigenvalue weighted by Crippen LogP contribution is 2.41. The van der Waals surface area contributed by atoms with Crippen LogP contribution in [0.15, 0.2) is 0 Å². The van der Waals surface area contributed by atoms with E-state index in [0.717, 1.165) is 50.5 Å². The fraction of sp³-hybridized carbons (Fsp3) is 0.667. The molecule has 1 aromatic heterocycles. The average Bonchev–Trinajstić information content (AvgIpc) is 3.40. The van der Waals surface area contributed by atoms with Gasteiger partial charge < -0.3 is 15.7 Å². The predicted octanol–water partition coefficient (Wildman–Crippen LogP) is 3.59. The van der Waals surface area contributed by atoms with Crippen LogP contribution in [0.25, 0.3) is 0 Å². The van der Waals surface area contributed by atoms with Crippen LogP contribution < -0.4 is 10.6 Å². The van der Waals surface area contributed by atoms with Crippen molar-refractivity contribution in [2.75, 3.05) is 5.32 Å². The average molecular weight is 405 g/mol. The summed E-state index contributed by atoms with van der Waals surface area (Å²) in [4.78, 5) is 38.6. The molecule has 0 saturated heterocycles. The number of carbonyl (C=O) groups excluding carboxylic acids is 2. The standard InChI is InChI=1S/C21H28N2O4S/c1-11-6-9-15-16(10-11)28-20(17(15)19(25)22-12-7-8-12)23-18(24)13-4-2-3-5-14(13)21(26)27/h11-14H,2-10H2,1H3,(H,22,25)(H,23,24)(H,26,27)/t11-,13+,14+/m1/s1. The second-order valence-corrected chi connectivity index (χ2v) is 9.73. The Labute approximate surface area is 169 Å². The molecule has 1 heterocycles. The first-order valence-electron chi connectivity index (χ1n) is 10.4. The number of carboxylic acid groups (broad SMARTS) is 1. The van der Waals surface area contributed by atoms with Gasteiger partial charge in [-0.3, -0.25) is 14.4 Å². The first kappa shape index (κ1) is 19.4. The minimum absolute atomic E-state index is 0.0942. The zero-order valence-corrected chi connectivity index (χ0v) is 17.1. The molecule has 0 spiro atoms. The molecule has 1 aromatic rings. The van der Waals surface area contributed by atoms with Crippen LogP contribution in [-0.2, 0) is 22.4 Å². The first-order chi connectivity index (χ1) is 13.4. The van der Waals surface area contributed by atoms with Gasteiger partial charge in [-0.2, -0.15) is 0 Å². The van der Waals surface area contributed by atoms with Gasteiger partial charge in [-0.05, 0) is 56.4 Å². The van der Waals surface area contributed by atoms with E-state index in [4.69, 9.17) is 0 Å². The number of thiophene rings is 1. The van der Waals surface area contributed by atoms with E-state index in [1.54, 1.807) is 0 Å². The van der Waals surface area contributed by atoms with Gasteiger partial charge in [0.05, 0.1) is 17.4 Å². The van der Waals surface area contributed by atoms with Gasteiger partial charge in [0.1, 0.15) is 5.00 Å². The molecule has 3 N–H and O–H groups in total. The molecule has 0 radical (unpaired) electrons. The molecule has 0 aromatic carbocycles. The van der Waals surface area contributed by atoms with Crippen molar-refractivity contribution in [3.63, 3.8) is 0 Å². The number of anilines is 1. The van der Waals surface area contributed by atoms with Crippen molar-refractivity contribution in [1.29, 1.82) is 0 Å². The molecule has 4 rings (SSSR count). The highest BCUT2D eigenvalue weighted by molar-refractivity contribution is 7.17. The van der Waals surface area contributed by atoms with Crippen molar-refractivity contribution in [2.24, 2.45) is 17.8 Å². The highest BCUT2D eigenvalue weighted by Gasteiger charge is 2.37. The Balaban J connectivity index is 1.60. The zero-order chi connectivity index (χ0) is 19.8. The maximum Gasteiger partial charge on any atom is 0.307 e. The number of hydrogen-bond donors (Lipinski definition) is 3. The molecule has 0 bridgehead atoms. The fourth-order valence-corrected chi connectivity index (χ4v) is 5.92. The molecule has 2 saturated carbocycles. The minimum Gasteiger partial charge on any atom is -0.481 e. The molecular formula is C21H28N2O4S. The molecule has 0 unspecified atom stereocenters. The molecule has 28 heavy (non-hydrogen) atoms. The maximum atomic E-state index is 13.0. The Bertz CT molecular complexity index is 799. The second-order valence-electron chi connectivity index (χ2n) is 8.63. The van der Waals surface area contributed by atoms with Gasteiger partial charge in [0.15, 0.2) is 0 Å². The molecule has 3 aliphatic rings. The van der Waals surface area contributed by atoms with Crippen molar-refractivity contribution >= 4 is 34.1 Å². The molecule has 152 valence electrons. The Morgan fingerprint density at radius 3 is 2.43 bits per heavy atom. The normalized spacial score (nSPS) is 27.0. The SMILES string of the molecule is C[C@@H]1CCc2c(sc(NC(=O)[C@H]3CCCC[C@@H]3C(=O)O)c2C(=O)NC2CC2)C1. The van der Waals surface area contributed by atoms with Crippen molar-refractivity contribution in [1.82, 2.24) is 5.32 Å². The Hall–Kier alpha value is -1.89. The van der Waals surface area contributed by atoms with Crippen LogP contribution in [0.3, 0.4) is 0 Å². The number of nitrogens with one attached hydrogen (secondary N) is 2. The minimum atomic E-state index is -0.897. The lowest BCUT2D eigenvalue weighted by Crippen LogP contribution is -2.36. The number of carbonyl (C=O) groups is 3. The first-order valence-corrected chi connectivity index (χ1v) is 11.2. The third-order valence-electron chi connectivity index (χ3n) is 6.31. The van der Waals surface area contributed by atoms with E-state index in [-0.39, 0.29) is 17.9 Å². The smallest absolute Gasteiger partial charge is 0.307 e. The quantitative estimate of drug-likeness (QED) is 0.699. The second kappa shape index (κ2) is 7.85. The maximum absolute atomic E-state index is 13.0. The van der Waals surface area contributed by atoms with E-state index < -0.39 is 17.8 Å². The molecule has 3 atom stereocenters. The van der Waals surface area contributed by atoms with Crippen LogP contribution in [0.2, 0.25) is 0 Å². The monoisotopic (exact) mass is 404 g/mol. The van der Waals surface area contributed by atoms with Gasteiger partial charge in [0, 0.05) is 10.9 Å². The molecular weight excluding hydrogens is 376 g/mol. The van der Waals surface area contributed by atoms with Crippen molar-refractivity contribution in [2.45, 2.75) is 70.8 Å². The van der Waals surface area contributed by atoms with E-state index in [1.807, 2.05) is 0 Å². The Morgan fingerprint density at radius 1 is 1.04 bits per heavy atom. The summed E-state index contributed by atoms with van der Waals surface area (Å²) in [5.74, 6) is -1.83. The summed E-state index contributed by atoms with van der Waals surface area (Å²) < 4.78 is 0. The lowest BCUT2D eigenvalue weighted by atomic mass is 9.78. The van der Waals surface area contributed by atoms with E-state index in [1.165, 1.54) is 16.2 Å². The summed E-state index contributed by atoms with van der Waals surface area (Å²) >= 11 is 1.50. The summed E-state index contributed by atoms with van der Waals surface area (Å²) in [6.45, 7) is 2.21. The van der Waals surface area contributed by atoms with Crippen LogP contribution >= 0.6 is 11.3 Å². The number of aliphatic carboxylic acids is 1. The number of amides is 2. The molecule has 2 amide bonds. The molecule has 7 heteroatoms. The van der Waals surface area contributed by atoms with Crippen molar-refractivity contribution in [3.8, 4) is 0 Å². The van der Waals surface area contributed by atoms with Crippen LogP contribution in [-0.4, -0.2) is 28.9 Å². The van der Waals surface area contributed by atoms with E-state index >= 15 is 0 Å². The topological polar surface area (TPSA) is 95.5 Å². The molecule has 3 aliphatic carbocycles. The van der Waals surface area contributed by atoms with Crippen LogP contribution in [0.1, 0.15) is 72.7 Å². The number of rotatable bonds is 5. The largest absolute Gasteiger partial charge is 0.481 e. The third kappa shape index (κ3) is 3.95. The van der Waals surface area contributed by atoms with Gasteiger partial charge in [-0.1, -0.05) is 19.8 Å². The van der Waals surface area contributed by atoms with Gasteiger partial charge in [0.25, 0.3) is 5.91 Å². The van der Waals surface area contributed by atoms with Crippen LogP contribution in [0, 0.1) is 17.8 Å². The van der Waals surface area contributed by atoms with E-state index in [0.29, 0.717) is 29.3 Å². The number of fused-ring (bicyclic) bond motifs is 1. The summed E-state index contributed by atoms with van der Waals surface area (Å²) in [5, 5.41) is 16.1. The van der Waals surface area contributed by atoms with Crippen molar-refractivity contribution in [3.05, 3.63) is 16.0 Å². The fourth-order valence-electron chi connectivity index (χ4n) is 4.51. The summed E-state index contributed by atoms with van der Waals surface area (Å²) in [5.41, 5.74) is 1.70. The van der Waals surface area contributed by atoms with Crippen molar-refractivity contribution < 1.29 is 19.5 Å². The predicted molar refractivity (Wildman–Crippen MR) is 108 cm³/mol.